The van der Waals surface area contributed by atoms with Crippen LogP contribution < -0.4 is 5.32 Å². The van der Waals surface area contributed by atoms with Crippen LogP contribution in [-0.2, 0) is 10.2 Å². The van der Waals surface area contributed by atoms with Crippen molar-refractivity contribution in [2.24, 2.45) is 0 Å². The van der Waals surface area contributed by atoms with E-state index in [0.717, 1.165) is 5.69 Å². The molecule has 0 saturated heterocycles. The molecule has 3 rings (SSSR count). The Morgan fingerprint density at radius 3 is 2.71 bits per heavy atom. The maximum atomic E-state index is 14.0. The van der Waals surface area contributed by atoms with Gasteiger partial charge in [-0.3, -0.25) is 4.79 Å². The number of H-pyrrole nitrogens is 1. The van der Waals surface area contributed by atoms with Crippen molar-refractivity contribution in [3.63, 3.8) is 0 Å². The first-order chi connectivity index (χ1) is 10.0. The van der Waals surface area contributed by atoms with Crippen LogP contribution in [0, 0.1) is 12.7 Å². The van der Waals surface area contributed by atoms with Gasteiger partial charge in [-0.05, 0) is 32.8 Å². The zero-order valence-electron chi connectivity index (χ0n) is 12.1. The zero-order valence-corrected chi connectivity index (χ0v) is 12.1. The SMILES string of the molecule is Cc1cnc(C(C)NC(=O)C2(c3ccccc3F)CC2)[nH]1. The lowest BCUT2D eigenvalue weighted by molar-refractivity contribution is -0.124. The molecule has 1 aromatic heterocycles. The van der Waals surface area contributed by atoms with Gasteiger partial charge < -0.3 is 10.3 Å². The molecule has 0 spiro atoms. The molecule has 2 aromatic rings. The van der Waals surface area contributed by atoms with Gasteiger partial charge in [-0.15, -0.1) is 0 Å². The molecular formula is C16H18FN3O. The molecular weight excluding hydrogens is 269 g/mol. The number of amides is 1. The second-order valence-corrected chi connectivity index (χ2v) is 5.71. The van der Waals surface area contributed by atoms with Crippen molar-refractivity contribution in [1.82, 2.24) is 15.3 Å². The van der Waals surface area contributed by atoms with Gasteiger partial charge in [-0.25, -0.2) is 9.37 Å². The molecule has 4 nitrogen and oxygen atoms in total. The van der Waals surface area contributed by atoms with Gasteiger partial charge >= 0.3 is 0 Å². The highest BCUT2D eigenvalue weighted by Gasteiger charge is 2.52. The summed E-state index contributed by atoms with van der Waals surface area (Å²) in [6.07, 6.45) is 3.09. The fraction of sp³-hybridized carbons (Fsp3) is 0.375. The smallest absolute Gasteiger partial charge is 0.231 e. The van der Waals surface area contributed by atoms with E-state index in [-0.39, 0.29) is 17.8 Å². The average Bonchev–Trinajstić information content (AvgIpc) is 3.15. The summed E-state index contributed by atoms with van der Waals surface area (Å²) < 4.78 is 14.0. The third-order valence-electron chi connectivity index (χ3n) is 4.05. The number of hydrogen-bond donors (Lipinski definition) is 2. The first-order valence-corrected chi connectivity index (χ1v) is 7.10. The van der Waals surface area contributed by atoms with Crippen molar-refractivity contribution < 1.29 is 9.18 Å². The largest absolute Gasteiger partial charge is 0.346 e. The van der Waals surface area contributed by atoms with E-state index in [9.17, 15) is 9.18 Å². The Balaban J connectivity index is 1.78. The number of halogens is 1. The summed E-state index contributed by atoms with van der Waals surface area (Å²) in [6, 6.07) is 6.29. The average molecular weight is 287 g/mol. The van der Waals surface area contributed by atoms with Crippen LogP contribution in [0.15, 0.2) is 30.5 Å². The zero-order chi connectivity index (χ0) is 15.0. The molecule has 0 radical (unpaired) electrons. The van der Waals surface area contributed by atoms with E-state index in [2.05, 4.69) is 15.3 Å². The van der Waals surface area contributed by atoms with E-state index in [1.54, 1.807) is 24.4 Å². The number of nitrogens with one attached hydrogen (secondary N) is 2. The first kappa shape index (κ1) is 13.8. The van der Waals surface area contributed by atoms with Gasteiger partial charge in [-0.2, -0.15) is 0 Å². The van der Waals surface area contributed by atoms with Crippen LogP contribution in [0.4, 0.5) is 4.39 Å². The van der Waals surface area contributed by atoms with E-state index in [1.807, 2.05) is 13.8 Å². The van der Waals surface area contributed by atoms with Crippen LogP contribution in [0.3, 0.4) is 0 Å². The Bertz CT molecular complexity index is 676. The van der Waals surface area contributed by atoms with E-state index < -0.39 is 5.41 Å². The molecule has 110 valence electrons. The van der Waals surface area contributed by atoms with Gasteiger partial charge in [0.05, 0.1) is 11.5 Å². The number of aryl methyl sites for hydroxylation is 1. The molecule has 1 aliphatic carbocycles. The molecule has 0 aliphatic heterocycles. The van der Waals surface area contributed by atoms with Gasteiger partial charge in [0.15, 0.2) is 0 Å². The van der Waals surface area contributed by atoms with Crippen molar-refractivity contribution in [2.75, 3.05) is 0 Å². The van der Waals surface area contributed by atoms with E-state index in [4.69, 9.17) is 0 Å². The molecule has 2 N–H and O–H groups in total. The normalized spacial score (nSPS) is 17.3. The topological polar surface area (TPSA) is 57.8 Å². The number of aromatic amines is 1. The van der Waals surface area contributed by atoms with Gasteiger partial charge in [-0.1, -0.05) is 18.2 Å². The van der Waals surface area contributed by atoms with E-state index in [1.165, 1.54) is 6.07 Å². The van der Waals surface area contributed by atoms with Gasteiger partial charge in [0.2, 0.25) is 5.91 Å². The number of hydrogen-bond acceptors (Lipinski definition) is 2. The number of imidazole rings is 1. The van der Waals surface area contributed by atoms with Crippen molar-refractivity contribution in [3.05, 3.63) is 53.4 Å². The molecule has 5 heteroatoms. The lowest BCUT2D eigenvalue weighted by atomic mass is 9.94. The number of rotatable bonds is 4. The van der Waals surface area contributed by atoms with E-state index in [0.29, 0.717) is 24.2 Å². The molecule has 1 fully saturated rings. The number of carbonyl (C=O) groups excluding carboxylic acids is 1. The van der Waals surface area contributed by atoms with E-state index >= 15 is 0 Å². The molecule has 1 unspecified atom stereocenters. The second-order valence-electron chi connectivity index (χ2n) is 5.71. The summed E-state index contributed by atoms with van der Waals surface area (Å²) in [5.74, 6) is 0.269. The van der Waals surface area contributed by atoms with Crippen molar-refractivity contribution in [2.45, 2.75) is 38.1 Å². The standard InChI is InChI=1S/C16H18FN3O/c1-10-9-18-14(19-10)11(2)20-15(21)16(7-8-16)12-5-3-4-6-13(12)17/h3-6,9,11H,7-8H2,1-2H3,(H,18,19)(H,20,21). The molecule has 1 atom stereocenters. The molecule has 1 heterocycles. The highest BCUT2D eigenvalue weighted by molar-refractivity contribution is 5.91. The fourth-order valence-electron chi connectivity index (χ4n) is 2.65. The van der Waals surface area contributed by atoms with Crippen LogP contribution in [-0.4, -0.2) is 15.9 Å². The summed E-state index contributed by atoms with van der Waals surface area (Å²) >= 11 is 0. The molecule has 1 aromatic carbocycles. The Labute approximate surface area is 122 Å². The summed E-state index contributed by atoms with van der Waals surface area (Å²) in [7, 11) is 0. The minimum Gasteiger partial charge on any atom is -0.346 e. The number of benzene rings is 1. The fourth-order valence-corrected chi connectivity index (χ4v) is 2.65. The number of nitrogens with zero attached hydrogens (tertiary/aromatic N) is 1. The Kier molecular flexibility index (Phi) is 3.27. The van der Waals surface area contributed by atoms with Crippen LogP contribution in [0.2, 0.25) is 0 Å². The van der Waals surface area contributed by atoms with Crippen LogP contribution in [0.5, 0.6) is 0 Å². The number of aromatic nitrogens is 2. The second kappa shape index (κ2) is 4.98. The summed E-state index contributed by atoms with van der Waals surface area (Å²) in [6.45, 7) is 3.78. The van der Waals surface area contributed by atoms with Gasteiger partial charge in [0.1, 0.15) is 11.6 Å². The van der Waals surface area contributed by atoms with Gasteiger partial charge in [0.25, 0.3) is 0 Å². The monoisotopic (exact) mass is 287 g/mol. The molecule has 21 heavy (non-hydrogen) atoms. The maximum Gasteiger partial charge on any atom is 0.231 e. The molecule has 1 saturated carbocycles. The number of carbonyl (C=O) groups is 1. The predicted molar refractivity (Wildman–Crippen MR) is 77.2 cm³/mol. The molecule has 0 bridgehead atoms. The highest BCUT2D eigenvalue weighted by atomic mass is 19.1. The van der Waals surface area contributed by atoms with Crippen molar-refractivity contribution >= 4 is 5.91 Å². The summed E-state index contributed by atoms with van der Waals surface area (Å²) in [4.78, 5) is 19.9. The Hall–Kier alpha value is -2.17. The quantitative estimate of drug-likeness (QED) is 0.908. The predicted octanol–water partition coefficient (Wildman–Crippen LogP) is 2.77. The van der Waals surface area contributed by atoms with Crippen molar-refractivity contribution in [3.8, 4) is 0 Å². The third kappa shape index (κ3) is 2.44. The maximum absolute atomic E-state index is 14.0. The summed E-state index contributed by atoms with van der Waals surface area (Å²) in [5.41, 5.74) is 0.730. The lowest BCUT2D eigenvalue weighted by Gasteiger charge is -2.19. The Morgan fingerprint density at radius 1 is 1.43 bits per heavy atom. The minimum absolute atomic E-state index is 0.130. The molecule has 1 aliphatic rings. The lowest BCUT2D eigenvalue weighted by Crippen LogP contribution is -2.37. The minimum atomic E-state index is -0.707. The van der Waals surface area contributed by atoms with Gasteiger partial charge in [0, 0.05) is 17.5 Å². The highest BCUT2D eigenvalue weighted by Crippen LogP contribution is 2.49. The van der Waals surface area contributed by atoms with Crippen molar-refractivity contribution in [1.29, 1.82) is 0 Å². The Morgan fingerprint density at radius 2 is 2.14 bits per heavy atom. The van der Waals surface area contributed by atoms with Crippen LogP contribution >= 0.6 is 0 Å². The first-order valence-electron chi connectivity index (χ1n) is 7.10. The summed E-state index contributed by atoms with van der Waals surface area (Å²) in [5, 5.41) is 2.94. The molecule has 1 amide bonds. The van der Waals surface area contributed by atoms with Crippen LogP contribution in [0.1, 0.15) is 42.9 Å². The van der Waals surface area contributed by atoms with Crippen LogP contribution in [0.25, 0.3) is 0 Å². The third-order valence-corrected chi connectivity index (χ3v) is 4.05.